The molecule has 1 aromatic heterocycles. The first-order valence-electron chi connectivity index (χ1n) is 6.02. The van der Waals surface area contributed by atoms with Gasteiger partial charge in [0.05, 0.1) is 11.1 Å². The van der Waals surface area contributed by atoms with Gasteiger partial charge in [-0.3, -0.25) is 0 Å². The van der Waals surface area contributed by atoms with Gasteiger partial charge in [-0.1, -0.05) is 19.9 Å². The maximum absolute atomic E-state index is 12.7. The van der Waals surface area contributed by atoms with Crippen LogP contribution in [0.1, 0.15) is 30.9 Å². The first-order chi connectivity index (χ1) is 8.82. The molecule has 5 heteroatoms. The number of nitrogens with one attached hydrogen (secondary N) is 1. The summed E-state index contributed by atoms with van der Waals surface area (Å²) in [6, 6.07) is 5.53. The monoisotopic (exact) mass is 268 g/mol. The third-order valence-corrected chi connectivity index (χ3v) is 3.03. The molecule has 0 saturated heterocycles. The molecule has 19 heavy (non-hydrogen) atoms. The fraction of sp³-hybridized carbons (Fsp3) is 0.357. The SMILES string of the molecule is CNc1nc2cc(C(F)(F)F)ccc2cc1C(C)C. The van der Waals surface area contributed by atoms with Crippen molar-refractivity contribution in [3.05, 3.63) is 35.4 Å². The first kappa shape index (κ1) is 13.6. The minimum atomic E-state index is -4.34. The summed E-state index contributed by atoms with van der Waals surface area (Å²) in [5.41, 5.74) is 0.671. The number of hydrogen-bond donors (Lipinski definition) is 1. The molecule has 0 aliphatic heterocycles. The lowest BCUT2D eigenvalue weighted by Gasteiger charge is -2.14. The third-order valence-electron chi connectivity index (χ3n) is 3.03. The first-order valence-corrected chi connectivity index (χ1v) is 6.02. The van der Waals surface area contributed by atoms with Crippen LogP contribution in [0.5, 0.6) is 0 Å². The van der Waals surface area contributed by atoms with Crippen LogP contribution in [0.25, 0.3) is 10.9 Å². The molecule has 2 aromatic rings. The van der Waals surface area contributed by atoms with Gasteiger partial charge in [-0.05, 0) is 29.7 Å². The third kappa shape index (κ3) is 2.64. The zero-order chi connectivity index (χ0) is 14.2. The van der Waals surface area contributed by atoms with Crippen molar-refractivity contribution in [3.8, 4) is 0 Å². The predicted molar refractivity (Wildman–Crippen MR) is 70.4 cm³/mol. The highest BCUT2D eigenvalue weighted by molar-refractivity contribution is 5.82. The van der Waals surface area contributed by atoms with Crippen LogP contribution in [0.3, 0.4) is 0 Å². The number of halogens is 3. The highest BCUT2D eigenvalue weighted by Crippen LogP contribution is 2.33. The van der Waals surface area contributed by atoms with Gasteiger partial charge in [0.15, 0.2) is 0 Å². The summed E-state index contributed by atoms with van der Waals surface area (Å²) in [5.74, 6) is 0.878. The van der Waals surface area contributed by atoms with E-state index in [1.165, 1.54) is 6.07 Å². The van der Waals surface area contributed by atoms with Crippen molar-refractivity contribution in [3.63, 3.8) is 0 Å². The Kier molecular flexibility index (Phi) is 3.39. The summed E-state index contributed by atoms with van der Waals surface area (Å²) in [4.78, 5) is 4.28. The molecule has 2 rings (SSSR count). The lowest BCUT2D eigenvalue weighted by Crippen LogP contribution is -2.05. The van der Waals surface area contributed by atoms with Crippen molar-refractivity contribution in [1.82, 2.24) is 4.98 Å². The summed E-state index contributed by atoms with van der Waals surface area (Å²) in [6.45, 7) is 4.04. The molecule has 0 amide bonds. The summed E-state index contributed by atoms with van der Waals surface area (Å²) < 4.78 is 38.0. The second-order valence-corrected chi connectivity index (χ2v) is 4.74. The van der Waals surface area contributed by atoms with E-state index in [-0.39, 0.29) is 5.92 Å². The average Bonchev–Trinajstić information content (AvgIpc) is 2.35. The second kappa shape index (κ2) is 4.72. The molecule has 102 valence electrons. The number of pyridine rings is 1. The fourth-order valence-electron chi connectivity index (χ4n) is 2.00. The van der Waals surface area contributed by atoms with Crippen molar-refractivity contribution in [2.75, 3.05) is 12.4 Å². The number of alkyl halides is 3. The van der Waals surface area contributed by atoms with Gasteiger partial charge in [0.25, 0.3) is 0 Å². The molecule has 1 heterocycles. The summed E-state index contributed by atoms with van der Waals surface area (Å²) in [5, 5.41) is 3.65. The number of aromatic nitrogens is 1. The van der Waals surface area contributed by atoms with Gasteiger partial charge in [0.1, 0.15) is 5.82 Å². The molecule has 0 unspecified atom stereocenters. The number of anilines is 1. The van der Waals surface area contributed by atoms with E-state index in [9.17, 15) is 13.2 Å². The zero-order valence-corrected chi connectivity index (χ0v) is 11.0. The van der Waals surface area contributed by atoms with Crippen molar-refractivity contribution in [1.29, 1.82) is 0 Å². The highest BCUT2D eigenvalue weighted by Gasteiger charge is 2.30. The molecule has 0 bridgehead atoms. The van der Waals surface area contributed by atoms with Gasteiger partial charge in [0, 0.05) is 12.4 Å². The van der Waals surface area contributed by atoms with Gasteiger partial charge in [0.2, 0.25) is 0 Å². The number of benzene rings is 1. The van der Waals surface area contributed by atoms with E-state index in [0.717, 1.165) is 23.1 Å². The molecule has 0 spiro atoms. The van der Waals surface area contributed by atoms with E-state index >= 15 is 0 Å². The lowest BCUT2D eigenvalue weighted by atomic mass is 10.0. The van der Waals surface area contributed by atoms with E-state index in [2.05, 4.69) is 10.3 Å². The van der Waals surface area contributed by atoms with Crippen LogP contribution in [0.2, 0.25) is 0 Å². The van der Waals surface area contributed by atoms with Gasteiger partial charge in [-0.2, -0.15) is 13.2 Å². The number of hydrogen-bond acceptors (Lipinski definition) is 2. The Morgan fingerprint density at radius 1 is 1.16 bits per heavy atom. The number of rotatable bonds is 2. The van der Waals surface area contributed by atoms with E-state index in [1.807, 2.05) is 19.9 Å². The molecule has 0 radical (unpaired) electrons. The summed E-state index contributed by atoms with van der Waals surface area (Å²) >= 11 is 0. The second-order valence-electron chi connectivity index (χ2n) is 4.74. The number of nitrogens with zero attached hydrogens (tertiary/aromatic N) is 1. The molecular weight excluding hydrogens is 253 g/mol. The largest absolute Gasteiger partial charge is 0.416 e. The van der Waals surface area contributed by atoms with Crippen LogP contribution >= 0.6 is 0 Å². The Balaban J connectivity index is 2.65. The topological polar surface area (TPSA) is 24.9 Å². The zero-order valence-electron chi connectivity index (χ0n) is 11.0. The minimum Gasteiger partial charge on any atom is -0.373 e. The Morgan fingerprint density at radius 2 is 1.84 bits per heavy atom. The Labute approximate surface area is 109 Å². The molecule has 0 aliphatic rings. The van der Waals surface area contributed by atoms with Gasteiger partial charge < -0.3 is 5.32 Å². The van der Waals surface area contributed by atoms with Crippen molar-refractivity contribution in [2.24, 2.45) is 0 Å². The van der Waals surface area contributed by atoms with Crippen LogP contribution < -0.4 is 5.32 Å². The average molecular weight is 268 g/mol. The smallest absolute Gasteiger partial charge is 0.373 e. The predicted octanol–water partition coefficient (Wildman–Crippen LogP) is 4.42. The van der Waals surface area contributed by atoms with Crippen LogP contribution in [0.15, 0.2) is 24.3 Å². The molecule has 1 N–H and O–H groups in total. The van der Waals surface area contributed by atoms with Crippen molar-refractivity contribution in [2.45, 2.75) is 25.9 Å². The molecule has 0 saturated carbocycles. The highest BCUT2D eigenvalue weighted by atomic mass is 19.4. The molecule has 1 aromatic carbocycles. The van der Waals surface area contributed by atoms with E-state index in [0.29, 0.717) is 11.3 Å². The quantitative estimate of drug-likeness (QED) is 0.872. The van der Waals surface area contributed by atoms with Crippen LogP contribution in [-0.2, 0) is 6.18 Å². The maximum atomic E-state index is 12.7. The Bertz CT molecular complexity index is 603. The Hall–Kier alpha value is -1.78. The van der Waals surface area contributed by atoms with Crippen LogP contribution in [0.4, 0.5) is 19.0 Å². The molecular formula is C14H15F3N2. The fourth-order valence-corrected chi connectivity index (χ4v) is 2.00. The molecule has 2 nitrogen and oxygen atoms in total. The standard InChI is InChI=1S/C14H15F3N2/c1-8(2)11-6-9-4-5-10(14(15,16)17)7-12(9)19-13(11)18-3/h4-8H,1-3H3,(H,18,19). The maximum Gasteiger partial charge on any atom is 0.416 e. The minimum absolute atomic E-state index is 0.252. The number of fused-ring (bicyclic) bond motifs is 1. The van der Waals surface area contributed by atoms with Crippen molar-refractivity contribution >= 4 is 16.7 Å². The van der Waals surface area contributed by atoms with Gasteiger partial charge in [-0.15, -0.1) is 0 Å². The van der Waals surface area contributed by atoms with E-state index in [4.69, 9.17) is 0 Å². The van der Waals surface area contributed by atoms with Gasteiger partial charge in [-0.25, -0.2) is 4.98 Å². The lowest BCUT2D eigenvalue weighted by molar-refractivity contribution is -0.137. The van der Waals surface area contributed by atoms with E-state index in [1.54, 1.807) is 7.05 Å². The molecule has 0 aliphatic carbocycles. The summed E-state index contributed by atoms with van der Waals surface area (Å²) in [6.07, 6.45) is -4.34. The summed E-state index contributed by atoms with van der Waals surface area (Å²) in [7, 11) is 1.72. The van der Waals surface area contributed by atoms with Crippen LogP contribution in [-0.4, -0.2) is 12.0 Å². The van der Waals surface area contributed by atoms with Crippen LogP contribution in [0, 0.1) is 0 Å². The molecule has 0 atom stereocenters. The normalized spacial score (nSPS) is 12.2. The van der Waals surface area contributed by atoms with Gasteiger partial charge >= 0.3 is 6.18 Å². The Morgan fingerprint density at radius 3 is 2.37 bits per heavy atom. The van der Waals surface area contributed by atoms with E-state index < -0.39 is 11.7 Å². The van der Waals surface area contributed by atoms with Crippen molar-refractivity contribution < 1.29 is 13.2 Å². The molecule has 0 fully saturated rings.